The molecule has 1 saturated carbocycles. The summed E-state index contributed by atoms with van der Waals surface area (Å²) in [5.41, 5.74) is 5.69. The quantitative estimate of drug-likeness (QED) is 0.645. The van der Waals surface area contributed by atoms with Gasteiger partial charge in [0.2, 0.25) is 11.7 Å². The molecule has 1 aliphatic rings. The Hall–Kier alpha value is -2.29. The lowest BCUT2D eigenvalue weighted by molar-refractivity contribution is -0.389. The van der Waals surface area contributed by atoms with Gasteiger partial charge in [-0.25, -0.2) is 0 Å². The number of rotatable bonds is 5. The second-order valence-corrected chi connectivity index (χ2v) is 5.37. The minimum atomic E-state index is -0.511. The van der Waals surface area contributed by atoms with Crippen LogP contribution >= 0.6 is 0 Å². The Balaban J connectivity index is 1.66. The van der Waals surface area contributed by atoms with Gasteiger partial charge >= 0.3 is 5.82 Å². The van der Waals surface area contributed by atoms with E-state index in [-0.39, 0.29) is 5.82 Å². The molecule has 1 fully saturated rings. The second kappa shape index (κ2) is 4.92. The molecule has 0 amide bonds. The van der Waals surface area contributed by atoms with Gasteiger partial charge in [-0.1, -0.05) is 5.16 Å². The number of aromatic nitrogens is 4. The Labute approximate surface area is 120 Å². The summed E-state index contributed by atoms with van der Waals surface area (Å²) < 4.78 is 6.89. The molecule has 0 spiro atoms. The van der Waals surface area contributed by atoms with Crippen molar-refractivity contribution in [2.75, 3.05) is 0 Å². The molecule has 1 aliphatic carbocycles. The highest BCUT2D eigenvalue weighted by atomic mass is 16.6. The number of aryl methyl sites for hydroxylation is 3. The molecule has 21 heavy (non-hydrogen) atoms. The maximum Gasteiger partial charge on any atom is 0.381 e. The Kier molecular flexibility index (Phi) is 3.20. The van der Waals surface area contributed by atoms with Crippen molar-refractivity contribution in [3.63, 3.8) is 0 Å². The van der Waals surface area contributed by atoms with E-state index in [0.29, 0.717) is 30.5 Å². The van der Waals surface area contributed by atoms with E-state index in [1.165, 1.54) is 6.20 Å². The Bertz CT molecular complexity index is 672. The Morgan fingerprint density at radius 2 is 2.29 bits per heavy atom. The van der Waals surface area contributed by atoms with Gasteiger partial charge in [-0.3, -0.25) is 0 Å². The lowest BCUT2D eigenvalue weighted by Crippen LogP contribution is -2.44. The first-order valence-corrected chi connectivity index (χ1v) is 6.78. The van der Waals surface area contributed by atoms with Crippen molar-refractivity contribution in [3.05, 3.63) is 33.9 Å². The Morgan fingerprint density at radius 1 is 1.52 bits per heavy atom. The summed E-state index contributed by atoms with van der Waals surface area (Å²) in [6.07, 6.45) is 4.72. The van der Waals surface area contributed by atoms with Crippen molar-refractivity contribution in [2.24, 2.45) is 5.73 Å². The maximum atomic E-state index is 10.7. The van der Waals surface area contributed by atoms with E-state index in [1.54, 1.807) is 11.5 Å². The molecule has 9 heteroatoms. The monoisotopic (exact) mass is 292 g/mol. The zero-order valence-corrected chi connectivity index (χ0v) is 11.7. The third-order valence-corrected chi connectivity index (χ3v) is 3.88. The molecule has 9 nitrogen and oxygen atoms in total. The minimum absolute atomic E-state index is 0.158. The molecule has 0 saturated heterocycles. The topological polar surface area (TPSA) is 126 Å². The normalized spacial score (nSPS) is 16.7. The molecule has 2 aromatic heterocycles. The largest absolute Gasteiger partial charge is 0.381 e. The van der Waals surface area contributed by atoms with Crippen molar-refractivity contribution >= 4 is 5.82 Å². The molecule has 2 heterocycles. The van der Waals surface area contributed by atoms with E-state index in [9.17, 15) is 10.1 Å². The average molecular weight is 292 g/mol. The van der Waals surface area contributed by atoms with E-state index < -0.39 is 10.5 Å². The summed E-state index contributed by atoms with van der Waals surface area (Å²) in [5, 5.41) is 14.6. The third kappa shape index (κ3) is 2.51. The molecule has 2 N–H and O–H groups in total. The number of hydrogen-bond acceptors (Lipinski definition) is 7. The van der Waals surface area contributed by atoms with Crippen LogP contribution in [0.1, 0.15) is 36.8 Å². The fraction of sp³-hybridized carbons (Fsp3) is 0.583. The highest BCUT2D eigenvalue weighted by Gasteiger charge is 2.38. The van der Waals surface area contributed by atoms with E-state index in [0.717, 1.165) is 19.3 Å². The highest BCUT2D eigenvalue weighted by Crippen LogP contribution is 2.36. The van der Waals surface area contributed by atoms with Crippen LogP contribution in [0.3, 0.4) is 0 Å². The van der Waals surface area contributed by atoms with Crippen molar-refractivity contribution < 1.29 is 9.45 Å². The minimum Gasteiger partial charge on any atom is -0.358 e. The molecule has 0 radical (unpaired) electrons. The van der Waals surface area contributed by atoms with Gasteiger partial charge in [0.15, 0.2) is 5.82 Å². The van der Waals surface area contributed by atoms with Crippen molar-refractivity contribution in [3.8, 4) is 0 Å². The van der Waals surface area contributed by atoms with Gasteiger partial charge in [0.05, 0.1) is 5.54 Å². The number of nitrogens with two attached hydrogens (primary N) is 1. The summed E-state index contributed by atoms with van der Waals surface area (Å²) in [7, 11) is 0. The van der Waals surface area contributed by atoms with Gasteiger partial charge in [-0.15, -0.1) is 0 Å². The molecule has 112 valence electrons. The number of imidazole rings is 1. The van der Waals surface area contributed by atoms with E-state index in [2.05, 4.69) is 15.1 Å². The van der Waals surface area contributed by atoms with Crippen LogP contribution in [-0.4, -0.2) is 24.6 Å². The van der Waals surface area contributed by atoms with Crippen LogP contribution in [0.15, 0.2) is 10.7 Å². The van der Waals surface area contributed by atoms with Crippen molar-refractivity contribution in [1.29, 1.82) is 0 Å². The SMILES string of the molecule is Cc1nc([N+](=O)[O-])cn1CCc1nc(C2(N)CCC2)no1. The van der Waals surface area contributed by atoms with Gasteiger partial charge in [0.25, 0.3) is 0 Å². The van der Waals surface area contributed by atoms with Crippen LogP contribution in [0.5, 0.6) is 0 Å². The fourth-order valence-corrected chi connectivity index (χ4v) is 2.36. The number of hydrogen-bond donors (Lipinski definition) is 1. The predicted octanol–water partition coefficient (Wildman–Crippen LogP) is 1.06. The van der Waals surface area contributed by atoms with Crippen LogP contribution in [0.25, 0.3) is 0 Å². The van der Waals surface area contributed by atoms with Gasteiger partial charge < -0.3 is 24.9 Å². The summed E-state index contributed by atoms with van der Waals surface area (Å²) >= 11 is 0. The molecule has 0 aliphatic heterocycles. The van der Waals surface area contributed by atoms with Gasteiger partial charge in [-0.05, 0) is 29.2 Å². The van der Waals surface area contributed by atoms with Crippen molar-refractivity contribution in [1.82, 2.24) is 19.7 Å². The van der Waals surface area contributed by atoms with E-state index >= 15 is 0 Å². The standard InChI is InChI=1S/C12H16N6O3/c1-8-14-9(18(19)20)7-17(8)6-3-10-15-11(16-21-10)12(13)4-2-5-12/h7H,2-6,13H2,1H3. The maximum absolute atomic E-state index is 10.7. The molecular weight excluding hydrogens is 276 g/mol. The zero-order chi connectivity index (χ0) is 15.0. The molecule has 3 rings (SSSR count). The number of nitrogens with zero attached hydrogens (tertiary/aromatic N) is 5. The molecule has 0 bridgehead atoms. The molecule has 0 atom stereocenters. The van der Waals surface area contributed by atoms with Crippen LogP contribution < -0.4 is 5.73 Å². The number of nitro groups is 1. The van der Waals surface area contributed by atoms with Crippen LogP contribution in [0.2, 0.25) is 0 Å². The first kappa shape index (κ1) is 13.7. The molecule has 0 aromatic carbocycles. The molecule has 2 aromatic rings. The third-order valence-electron chi connectivity index (χ3n) is 3.88. The lowest BCUT2D eigenvalue weighted by atomic mass is 9.77. The first-order chi connectivity index (χ1) is 9.98. The van der Waals surface area contributed by atoms with E-state index in [4.69, 9.17) is 10.3 Å². The van der Waals surface area contributed by atoms with E-state index in [1.807, 2.05) is 0 Å². The summed E-state index contributed by atoms with van der Waals surface area (Å²) in [4.78, 5) is 18.3. The van der Waals surface area contributed by atoms with Gasteiger partial charge in [-0.2, -0.15) is 4.98 Å². The summed E-state index contributed by atoms with van der Waals surface area (Å²) in [6, 6.07) is 0. The van der Waals surface area contributed by atoms with Crippen LogP contribution in [0.4, 0.5) is 5.82 Å². The fourth-order valence-electron chi connectivity index (χ4n) is 2.36. The molecular formula is C12H16N6O3. The smallest absolute Gasteiger partial charge is 0.358 e. The zero-order valence-electron chi connectivity index (χ0n) is 11.7. The van der Waals surface area contributed by atoms with Crippen molar-refractivity contribution in [2.45, 2.75) is 44.7 Å². The lowest BCUT2D eigenvalue weighted by Gasteiger charge is -2.34. The van der Waals surface area contributed by atoms with Gasteiger partial charge in [0.1, 0.15) is 6.20 Å². The summed E-state index contributed by atoms with van der Waals surface area (Å²) in [5.74, 6) is 1.46. The predicted molar refractivity (Wildman–Crippen MR) is 71.3 cm³/mol. The highest BCUT2D eigenvalue weighted by molar-refractivity contribution is 5.16. The van der Waals surface area contributed by atoms with Gasteiger partial charge in [0, 0.05) is 19.9 Å². The molecule has 0 unspecified atom stereocenters. The summed E-state index contributed by atoms with van der Waals surface area (Å²) in [6.45, 7) is 2.21. The average Bonchev–Trinajstić information content (AvgIpc) is 3.00. The first-order valence-electron chi connectivity index (χ1n) is 6.78. The van der Waals surface area contributed by atoms with Crippen LogP contribution in [0, 0.1) is 17.0 Å². The second-order valence-electron chi connectivity index (χ2n) is 5.37. The Morgan fingerprint density at radius 3 is 2.86 bits per heavy atom. The van der Waals surface area contributed by atoms with Crippen LogP contribution in [-0.2, 0) is 18.5 Å².